The Hall–Kier alpha value is -1.39. The van der Waals surface area contributed by atoms with Gasteiger partial charge < -0.3 is 9.88 Å². The number of rotatable bonds is 3. The number of carbonyl (C=O) groups excluding carboxylic acids is 1. The summed E-state index contributed by atoms with van der Waals surface area (Å²) in [7, 11) is 1.54. The molecule has 0 saturated heterocycles. The lowest BCUT2D eigenvalue weighted by Gasteiger charge is -2.20. The molecule has 0 aromatic carbocycles. The molecule has 88 valence electrons. The van der Waals surface area contributed by atoms with Crippen LogP contribution in [0.15, 0.2) is 18.3 Å². The van der Waals surface area contributed by atoms with Gasteiger partial charge in [0.25, 0.3) is 5.92 Å². The van der Waals surface area contributed by atoms with Crippen molar-refractivity contribution < 1.29 is 13.6 Å². The van der Waals surface area contributed by atoms with Crippen LogP contribution in [0.4, 0.5) is 8.78 Å². The molecule has 0 unspecified atom stereocenters. The molecule has 1 saturated carbocycles. The third-order valence-electron chi connectivity index (χ3n) is 3.15. The summed E-state index contributed by atoms with van der Waals surface area (Å²) in [5, 5.41) is 0. The van der Waals surface area contributed by atoms with Crippen LogP contribution in [-0.2, 0) is 11.3 Å². The van der Waals surface area contributed by atoms with Gasteiger partial charge in [0.15, 0.2) is 0 Å². The average molecular weight is 228 g/mol. The van der Waals surface area contributed by atoms with Gasteiger partial charge in [0.1, 0.15) is 5.41 Å². The minimum absolute atomic E-state index is 0.331. The lowest BCUT2D eigenvalue weighted by Crippen LogP contribution is -2.35. The van der Waals surface area contributed by atoms with Gasteiger partial charge in [-0.05, 0) is 19.1 Å². The standard InChI is InChI=1S/C11H14F2N2O/c1-10(7-11(10,12)13)9(16)15(2)6-8-4-3-5-14-8/h3-5,14H,6-7H2,1-2H3/t10-/m1/s1. The molecule has 1 aromatic heterocycles. The number of carbonyl (C=O) groups is 1. The van der Waals surface area contributed by atoms with Gasteiger partial charge in [-0.2, -0.15) is 0 Å². The number of hydrogen-bond donors (Lipinski definition) is 1. The Morgan fingerprint density at radius 3 is 2.69 bits per heavy atom. The first-order chi connectivity index (χ1) is 7.37. The number of nitrogens with one attached hydrogen (secondary N) is 1. The smallest absolute Gasteiger partial charge is 0.263 e. The Balaban J connectivity index is 2.01. The summed E-state index contributed by atoms with van der Waals surface area (Å²) in [5.41, 5.74) is -0.655. The first-order valence-corrected chi connectivity index (χ1v) is 5.12. The van der Waals surface area contributed by atoms with E-state index in [0.29, 0.717) is 6.54 Å². The molecule has 1 N–H and O–H groups in total. The zero-order chi connectivity index (χ0) is 12.0. The van der Waals surface area contributed by atoms with Crippen molar-refractivity contribution in [2.45, 2.75) is 25.8 Å². The fourth-order valence-corrected chi connectivity index (χ4v) is 1.85. The first kappa shape index (κ1) is 11.1. The normalized spacial score (nSPS) is 26.5. The third-order valence-corrected chi connectivity index (χ3v) is 3.15. The monoisotopic (exact) mass is 228 g/mol. The van der Waals surface area contributed by atoms with E-state index in [2.05, 4.69) is 4.98 Å². The second kappa shape index (κ2) is 3.30. The maximum absolute atomic E-state index is 13.0. The lowest BCUT2D eigenvalue weighted by atomic mass is 10.1. The summed E-state index contributed by atoms with van der Waals surface area (Å²) in [4.78, 5) is 16.1. The van der Waals surface area contributed by atoms with Crippen molar-refractivity contribution in [2.75, 3.05) is 7.05 Å². The molecule has 1 atom stereocenters. The highest BCUT2D eigenvalue weighted by Gasteiger charge is 2.73. The van der Waals surface area contributed by atoms with Gasteiger partial charge in [-0.1, -0.05) is 0 Å². The second-order valence-corrected chi connectivity index (χ2v) is 4.57. The highest BCUT2D eigenvalue weighted by atomic mass is 19.3. The summed E-state index contributed by atoms with van der Waals surface area (Å²) in [6.07, 6.45) is 1.40. The molecule has 1 aliphatic carbocycles. The van der Waals surface area contributed by atoms with Crippen molar-refractivity contribution in [2.24, 2.45) is 5.41 Å². The lowest BCUT2D eigenvalue weighted by molar-refractivity contribution is -0.139. The molecule has 1 fully saturated rings. The number of H-pyrrole nitrogens is 1. The molecule has 1 heterocycles. The summed E-state index contributed by atoms with van der Waals surface area (Å²) < 4.78 is 26.0. The van der Waals surface area contributed by atoms with E-state index in [9.17, 15) is 13.6 Å². The largest absolute Gasteiger partial charge is 0.364 e. The van der Waals surface area contributed by atoms with Gasteiger partial charge in [-0.3, -0.25) is 4.79 Å². The molecule has 1 amide bonds. The topological polar surface area (TPSA) is 36.1 Å². The van der Waals surface area contributed by atoms with Crippen LogP contribution in [0, 0.1) is 5.41 Å². The van der Waals surface area contributed by atoms with Crippen molar-refractivity contribution in [3.05, 3.63) is 24.0 Å². The molecule has 3 nitrogen and oxygen atoms in total. The Bertz CT molecular complexity index is 402. The van der Waals surface area contributed by atoms with Gasteiger partial charge in [-0.25, -0.2) is 8.78 Å². The highest BCUT2D eigenvalue weighted by Crippen LogP contribution is 2.61. The van der Waals surface area contributed by atoms with E-state index in [1.165, 1.54) is 11.8 Å². The summed E-state index contributed by atoms with van der Waals surface area (Å²) in [5.74, 6) is -3.33. The van der Waals surface area contributed by atoms with E-state index < -0.39 is 17.2 Å². The van der Waals surface area contributed by atoms with Crippen LogP contribution in [-0.4, -0.2) is 28.8 Å². The van der Waals surface area contributed by atoms with Crippen molar-refractivity contribution in [3.8, 4) is 0 Å². The molecule has 0 bridgehead atoms. The van der Waals surface area contributed by atoms with Crippen LogP contribution >= 0.6 is 0 Å². The van der Waals surface area contributed by atoms with E-state index in [0.717, 1.165) is 5.69 Å². The quantitative estimate of drug-likeness (QED) is 0.844. The zero-order valence-corrected chi connectivity index (χ0v) is 9.26. The van der Waals surface area contributed by atoms with Gasteiger partial charge in [0, 0.05) is 25.4 Å². The average Bonchev–Trinajstić information content (AvgIpc) is 2.61. The molecule has 5 heteroatoms. The van der Waals surface area contributed by atoms with Gasteiger partial charge in [-0.15, -0.1) is 0 Å². The van der Waals surface area contributed by atoms with E-state index in [1.54, 1.807) is 19.3 Å². The van der Waals surface area contributed by atoms with Gasteiger partial charge >= 0.3 is 0 Å². The predicted octanol–water partition coefficient (Wildman–Crippen LogP) is 2.02. The summed E-state index contributed by atoms with van der Waals surface area (Å²) in [6.45, 7) is 1.65. The number of hydrogen-bond acceptors (Lipinski definition) is 1. The Morgan fingerprint density at radius 1 is 1.62 bits per heavy atom. The predicted molar refractivity (Wildman–Crippen MR) is 54.9 cm³/mol. The number of amides is 1. The maximum atomic E-state index is 13.0. The van der Waals surface area contributed by atoms with Crippen LogP contribution in [0.3, 0.4) is 0 Å². The fourth-order valence-electron chi connectivity index (χ4n) is 1.85. The molecule has 0 spiro atoms. The van der Waals surface area contributed by atoms with E-state index >= 15 is 0 Å². The minimum atomic E-state index is -2.84. The number of alkyl halides is 2. The molecule has 0 radical (unpaired) electrons. The van der Waals surface area contributed by atoms with E-state index in [1.807, 2.05) is 6.07 Å². The Labute approximate surface area is 92.4 Å². The molecular formula is C11H14F2N2O. The highest BCUT2D eigenvalue weighted by molar-refractivity contribution is 5.86. The Kier molecular flexibility index (Phi) is 2.29. The molecule has 0 aliphatic heterocycles. The van der Waals surface area contributed by atoms with Crippen molar-refractivity contribution in [3.63, 3.8) is 0 Å². The van der Waals surface area contributed by atoms with Gasteiger partial charge in [0.2, 0.25) is 5.91 Å². The number of halogens is 2. The molecule has 16 heavy (non-hydrogen) atoms. The number of nitrogens with zero attached hydrogens (tertiary/aromatic N) is 1. The van der Waals surface area contributed by atoms with E-state index in [4.69, 9.17) is 0 Å². The number of aromatic amines is 1. The number of aromatic nitrogens is 1. The van der Waals surface area contributed by atoms with Crippen molar-refractivity contribution in [1.82, 2.24) is 9.88 Å². The minimum Gasteiger partial charge on any atom is -0.364 e. The van der Waals surface area contributed by atoms with Crippen LogP contribution in [0.1, 0.15) is 19.0 Å². The molecule has 1 aromatic rings. The van der Waals surface area contributed by atoms with Crippen LogP contribution in [0.25, 0.3) is 0 Å². The first-order valence-electron chi connectivity index (χ1n) is 5.12. The molecule has 1 aliphatic rings. The van der Waals surface area contributed by atoms with Crippen molar-refractivity contribution >= 4 is 5.91 Å². The maximum Gasteiger partial charge on any atom is 0.263 e. The Morgan fingerprint density at radius 2 is 2.25 bits per heavy atom. The van der Waals surface area contributed by atoms with Gasteiger partial charge in [0.05, 0.1) is 6.54 Å². The molecular weight excluding hydrogens is 214 g/mol. The van der Waals surface area contributed by atoms with E-state index in [-0.39, 0.29) is 6.42 Å². The zero-order valence-electron chi connectivity index (χ0n) is 9.26. The van der Waals surface area contributed by atoms with Crippen LogP contribution in [0.5, 0.6) is 0 Å². The summed E-state index contributed by atoms with van der Waals surface area (Å²) >= 11 is 0. The van der Waals surface area contributed by atoms with Crippen LogP contribution in [0.2, 0.25) is 0 Å². The SMILES string of the molecule is CN(Cc1ccc[nH]1)C(=O)[C@@]1(C)CC1(F)F. The third kappa shape index (κ3) is 1.60. The fraction of sp³-hybridized carbons (Fsp3) is 0.545. The summed E-state index contributed by atoms with van der Waals surface area (Å²) in [6, 6.07) is 3.62. The second-order valence-electron chi connectivity index (χ2n) is 4.57. The van der Waals surface area contributed by atoms with Crippen LogP contribution < -0.4 is 0 Å². The molecule has 2 rings (SSSR count). The van der Waals surface area contributed by atoms with Crippen molar-refractivity contribution in [1.29, 1.82) is 0 Å².